The summed E-state index contributed by atoms with van der Waals surface area (Å²) < 4.78 is 16.1. The number of esters is 3. The summed E-state index contributed by atoms with van der Waals surface area (Å²) in [7, 11) is 0. The lowest BCUT2D eigenvalue weighted by Gasteiger charge is -2.32. The zero-order valence-corrected chi connectivity index (χ0v) is 20.8. The zero-order valence-electron chi connectivity index (χ0n) is 20.8. The fourth-order valence-electron chi connectivity index (χ4n) is 2.63. The Morgan fingerprint density at radius 2 is 1.39 bits per heavy atom. The first kappa shape index (κ1) is 28.1. The highest BCUT2D eigenvalue weighted by molar-refractivity contribution is 5.82. The summed E-state index contributed by atoms with van der Waals surface area (Å²) in [6.45, 7) is 14.6. The average molecular weight is 466 g/mol. The van der Waals surface area contributed by atoms with Crippen molar-refractivity contribution in [1.29, 1.82) is 0 Å². The van der Waals surface area contributed by atoms with Crippen molar-refractivity contribution in [2.75, 3.05) is 0 Å². The number of rotatable bonds is 8. The second-order valence-corrected chi connectivity index (χ2v) is 10.3. The molecule has 0 heterocycles. The van der Waals surface area contributed by atoms with Gasteiger partial charge in [0.15, 0.2) is 11.5 Å². The minimum absolute atomic E-state index is 0.0153. The molecule has 0 radical (unpaired) electrons. The SMILES string of the molecule is CC(=O)O[C@](Cc1ccc(OC(=O)C(C)(C)C)c(OC(=O)C(C)(C)C)c1)(NC(C)C)C(=O)O. The van der Waals surface area contributed by atoms with Crippen molar-refractivity contribution in [2.45, 2.75) is 80.5 Å². The number of nitrogens with one attached hydrogen (secondary N) is 1. The molecular weight excluding hydrogens is 430 g/mol. The van der Waals surface area contributed by atoms with Crippen LogP contribution in [-0.2, 0) is 30.3 Å². The number of carboxylic acid groups (broad SMARTS) is 1. The molecule has 0 bridgehead atoms. The molecule has 184 valence electrons. The summed E-state index contributed by atoms with van der Waals surface area (Å²) in [5.74, 6) is -3.30. The molecule has 9 heteroatoms. The van der Waals surface area contributed by atoms with Gasteiger partial charge in [-0.3, -0.25) is 19.7 Å². The third kappa shape index (κ3) is 8.16. The first-order valence-electron chi connectivity index (χ1n) is 10.7. The van der Waals surface area contributed by atoms with E-state index in [-0.39, 0.29) is 24.0 Å². The number of carbonyl (C=O) groups excluding carboxylic acids is 3. The van der Waals surface area contributed by atoms with Crippen LogP contribution in [0.15, 0.2) is 18.2 Å². The molecule has 0 aliphatic carbocycles. The summed E-state index contributed by atoms with van der Waals surface area (Å²) in [5, 5.41) is 12.7. The lowest BCUT2D eigenvalue weighted by atomic mass is 9.97. The van der Waals surface area contributed by atoms with Crippen LogP contribution in [0.1, 0.15) is 67.9 Å². The molecule has 0 aliphatic heterocycles. The third-order valence-corrected chi connectivity index (χ3v) is 4.28. The number of aliphatic carboxylic acids is 1. The van der Waals surface area contributed by atoms with Crippen LogP contribution >= 0.6 is 0 Å². The number of ether oxygens (including phenoxy) is 3. The Labute approximate surface area is 194 Å². The maximum Gasteiger partial charge on any atom is 0.364 e. The van der Waals surface area contributed by atoms with Crippen LogP contribution < -0.4 is 14.8 Å². The van der Waals surface area contributed by atoms with Crippen LogP contribution in [0.3, 0.4) is 0 Å². The van der Waals surface area contributed by atoms with E-state index in [4.69, 9.17) is 14.2 Å². The lowest BCUT2D eigenvalue weighted by molar-refractivity contribution is -0.182. The topological polar surface area (TPSA) is 128 Å². The average Bonchev–Trinajstić information content (AvgIpc) is 2.60. The van der Waals surface area contributed by atoms with Crippen LogP contribution in [0.5, 0.6) is 11.5 Å². The van der Waals surface area contributed by atoms with Crippen molar-refractivity contribution in [3.05, 3.63) is 23.8 Å². The van der Waals surface area contributed by atoms with Gasteiger partial charge in [0.2, 0.25) is 0 Å². The lowest BCUT2D eigenvalue weighted by Crippen LogP contribution is -2.59. The Balaban J connectivity index is 3.50. The molecule has 2 N–H and O–H groups in total. The van der Waals surface area contributed by atoms with Crippen molar-refractivity contribution in [3.63, 3.8) is 0 Å². The molecule has 0 saturated carbocycles. The zero-order chi connectivity index (χ0) is 25.8. The normalized spacial score (nSPS) is 13.8. The second kappa shape index (κ2) is 10.3. The van der Waals surface area contributed by atoms with E-state index in [2.05, 4.69) is 5.32 Å². The van der Waals surface area contributed by atoms with Crippen molar-refractivity contribution < 1.29 is 38.5 Å². The van der Waals surface area contributed by atoms with Gasteiger partial charge in [0.25, 0.3) is 5.72 Å². The molecular formula is C24H35NO8. The maximum atomic E-state index is 12.5. The van der Waals surface area contributed by atoms with Crippen molar-refractivity contribution in [3.8, 4) is 11.5 Å². The Hall–Kier alpha value is -2.94. The van der Waals surface area contributed by atoms with Gasteiger partial charge in [-0.15, -0.1) is 0 Å². The molecule has 33 heavy (non-hydrogen) atoms. The summed E-state index contributed by atoms with van der Waals surface area (Å²) in [4.78, 5) is 48.7. The van der Waals surface area contributed by atoms with Crippen molar-refractivity contribution in [1.82, 2.24) is 5.32 Å². The van der Waals surface area contributed by atoms with E-state index in [1.54, 1.807) is 55.4 Å². The minimum Gasteiger partial charge on any atom is -0.477 e. The van der Waals surface area contributed by atoms with Gasteiger partial charge in [-0.05, 0) is 73.1 Å². The van der Waals surface area contributed by atoms with Gasteiger partial charge < -0.3 is 19.3 Å². The van der Waals surface area contributed by atoms with E-state index >= 15 is 0 Å². The molecule has 0 amide bonds. The van der Waals surface area contributed by atoms with E-state index in [9.17, 15) is 24.3 Å². The van der Waals surface area contributed by atoms with Gasteiger partial charge >= 0.3 is 23.9 Å². The Morgan fingerprint density at radius 1 is 0.909 bits per heavy atom. The fourth-order valence-corrected chi connectivity index (χ4v) is 2.63. The Bertz CT molecular complexity index is 908. The molecule has 0 aromatic heterocycles. The van der Waals surface area contributed by atoms with Gasteiger partial charge in [-0.2, -0.15) is 0 Å². The molecule has 0 saturated heterocycles. The molecule has 1 rings (SSSR count). The smallest absolute Gasteiger partial charge is 0.364 e. The van der Waals surface area contributed by atoms with E-state index in [1.165, 1.54) is 18.2 Å². The summed E-state index contributed by atoms with van der Waals surface area (Å²) in [6, 6.07) is 4.01. The highest BCUT2D eigenvalue weighted by Crippen LogP contribution is 2.34. The van der Waals surface area contributed by atoms with E-state index < -0.39 is 40.4 Å². The Kier molecular flexibility index (Phi) is 8.80. The summed E-state index contributed by atoms with van der Waals surface area (Å²) in [6.07, 6.45) is -0.270. The van der Waals surface area contributed by atoms with Crippen LogP contribution in [0.2, 0.25) is 0 Å². The molecule has 9 nitrogen and oxygen atoms in total. The quantitative estimate of drug-likeness (QED) is 0.337. The molecule has 1 aromatic carbocycles. The first-order chi connectivity index (χ1) is 14.9. The van der Waals surface area contributed by atoms with Crippen molar-refractivity contribution >= 4 is 23.9 Å². The number of hydrogen-bond donors (Lipinski definition) is 2. The van der Waals surface area contributed by atoms with Gasteiger partial charge in [0, 0.05) is 19.4 Å². The third-order valence-electron chi connectivity index (χ3n) is 4.28. The van der Waals surface area contributed by atoms with Crippen LogP contribution in [0, 0.1) is 10.8 Å². The maximum absolute atomic E-state index is 12.5. The molecule has 0 fully saturated rings. The Morgan fingerprint density at radius 3 is 1.79 bits per heavy atom. The largest absolute Gasteiger partial charge is 0.477 e. The number of hydrogen-bond acceptors (Lipinski definition) is 8. The van der Waals surface area contributed by atoms with Crippen LogP contribution in [0.4, 0.5) is 0 Å². The summed E-state index contributed by atoms with van der Waals surface area (Å²) >= 11 is 0. The summed E-state index contributed by atoms with van der Waals surface area (Å²) in [5.41, 5.74) is -3.32. The van der Waals surface area contributed by atoms with Gasteiger partial charge in [0.1, 0.15) is 0 Å². The highest BCUT2D eigenvalue weighted by Gasteiger charge is 2.43. The van der Waals surface area contributed by atoms with E-state index in [1.807, 2.05) is 0 Å². The van der Waals surface area contributed by atoms with Gasteiger partial charge in [-0.25, -0.2) is 4.79 Å². The fraction of sp³-hybridized carbons (Fsp3) is 0.583. The van der Waals surface area contributed by atoms with E-state index in [0.29, 0.717) is 5.56 Å². The standard InChI is InChI=1S/C24H35NO8/c1-14(2)25-24(19(27)28,33-15(3)26)13-16-10-11-17(31-20(29)22(4,5)6)18(12-16)32-21(30)23(7,8)9/h10-12,14,25H,13H2,1-9H3,(H,27,28)/t24-/m0/s1. The number of benzene rings is 1. The molecule has 0 spiro atoms. The molecule has 0 aliphatic rings. The number of carboxylic acids is 1. The predicted molar refractivity (Wildman–Crippen MR) is 121 cm³/mol. The predicted octanol–water partition coefficient (Wildman–Crippen LogP) is 3.47. The minimum atomic E-state index is -2.05. The molecule has 0 unspecified atom stereocenters. The monoisotopic (exact) mass is 465 g/mol. The molecule has 1 atom stereocenters. The van der Waals surface area contributed by atoms with Crippen molar-refractivity contribution in [2.24, 2.45) is 10.8 Å². The van der Waals surface area contributed by atoms with Crippen LogP contribution in [-0.4, -0.2) is 40.8 Å². The molecule has 1 aromatic rings. The van der Waals surface area contributed by atoms with Gasteiger partial charge in [-0.1, -0.05) is 6.07 Å². The number of carbonyl (C=O) groups is 4. The van der Waals surface area contributed by atoms with Crippen LogP contribution in [0.25, 0.3) is 0 Å². The van der Waals surface area contributed by atoms with E-state index in [0.717, 1.165) is 6.92 Å². The second-order valence-electron chi connectivity index (χ2n) is 10.3. The highest BCUT2D eigenvalue weighted by atomic mass is 16.6. The van der Waals surface area contributed by atoms with Gasteiger partial charge in [0.05, 0.1) is 10.8 Å². The first-order valence-corrected chi connectivity index (χ1v) is 10.7.